The first-order chi connectivity index (χ1) is 20.1. The molecule has 2 aromatic carbocycles. The molecule has 42 heavy (non-hydrogen) atoms. The second-order valence-corrected chi connectivity index (χ2v) is 13.3. The maximum atomic E-state index is 13.8. The zero-order valence-electron chi connectivity index (χ0n) is 24.9. The van der Waals surface area contributed by atoms with E-state index >= 15 is 0 Å². The van der Waals surface area contributed by atoms with Crippen molar-refractivity contribution in [1.82, 2.24) is 15.5 Å². The molecule has 4 rings (SSSR count). The van der Waals surface area contributed by atoms with E-state index in [2.05, 4.69) is 10.6 Å². The van der Waals surface area contributed by atoms with Gasteiger partial charge in [-0.15, -0.1) is 11.8 Å². The Morgan fingerprint density at radius 3 is 2.33 bits per heavy atom. The standard InChI is InChI=1S/C32H43N3O6S/c1-21-10-8-9-13-23(21)19-33-29(37)28-32(2,3)42-20-35(28)30(38)27(36)26(18-22-11-6-5-7-12-22)34-31(39)41-25-16-14-24(40-4)15-17-25/h5-13,24-28,36H,14-20H2,1-4H3,(H,33,37)(H,34,39). The monoisotopic (exact) mass is 597 g/mol. The fourth-order valence-electron chi connectivity index (χ4n) is 5.67. The number of nitrogens with one attached hydrogen (secondary N) is 2. The van der Waals surface area contributed by atoms with Crippen molar-refractivity contribution in [2.45, 2.75) is 94.6 Å². The summed E-state index contributed by atoms with van der Waals surface area (Å²) in [6.45, 7) is 6.16. The van der Waals surface area contributed by atoms with E-state index in [1.165, 1.54) is 16.7 Å². The molecule has 0 radical (unpaired) electrons. The molecular weight excluding hydrogens is 554 g/mol. The van der Waals surface area contributed by atoms with E-state index in [-0.39, 0.29) is 30.4 Å². The van der Waals surface area contributed by atoms with Crippen LogP contribution in [0.1, 0.15) is 56.2 Å². The van der Waals surface area contributed by atoms with E-state index in [0.717, 1.165) is 29.5 Å². The lowest BCUT2D eigenvalue weighted by Gasteiger charge is -2.33. The molecule has 1 aliphatic carbocycles. The maximum absolute atomic E-state index is 13.8. The number of methoxy groups -OCH3 is 1. The van der Waals surface area contributed by atoms with Gasteiger partial charge in [-0.3, -0.25) is 9.59 Å². The Balaban J connectivity index is 1.46. The first-order valence-electron chi connectivity index (χ1n) is 14.6. The number of aliphatic hydroxyl groups is 1. The predicted molar refractivity (Wildman–Crippen MR) is 163 cm³/mol. The number of aliphatic hydroxyl groups excluding tert-OH is 1. The Bertz CT molecular complexity index is 1220. The number of rotatable bonds is 10. The van der Waals surface area contributed by atoms with Crippen LogP contribution in [0.5, 0.6) is 0 Å². The third-order valence-corrected chi connectivity index (χ3v) is 9.63. The van der Waals surface area contributed by atoms with Crippen LogP contribution in [-0.2, 0) is 32.0 Å². The van der Waals surface area contributed by atoms with E-state index in [9.17, 15) is 19.5 Å². The third-order valence-electron chi connectivity index (χ3n) is 8.26. The molecule has 0 bridgehead atoms. The van der Waals surface area contributed by atoms with Crippen LogP contribution in [0.3, 0.4) is 0 Å². The molecule has 2 aliphatic rings. The molecule has 3 amide bonds. The number of amides is 3. The fraction of sp³-hybridized carbons (Fsp3) is 0.531. The van der Waals surface area contributed by atoms with Crippen LogP contribution in [0.2, 0.25) is 0 Å². The number of carbonyl (C=O) groups excluding carboxylic acids is 3. The minimum Gasteiger partial charge on any atom is -0.446 e. The summed E-state index contributed by atoms with van der Waals surface area (Å²) < 4.78 is 10.5. The number of hydrogen-bond acceptors (Lipinski definition) is 7. The Morgan fingerprint density at radius 1 is 1.02 bits per heavy atom. The molecule has 3 atom stereocenters. The zero-order valence-corrected chi connectivity index (χ0v) is 25.7. The molecule has 1 heterocycles. The van der Waals surface area contributed by atoms with Gasteiger partial charge in [0.2, 0.25) is 5.91 Å². The van der Waals surface area contributed by atoms with Gasteiger partial charge in [-0.25, -0.2) is 4.79 Å². The smallest absolute Gasteiger partial charge is 0.407 e. The molecular formula is C32H43N3O6S. The van der Waals surface area contributed by atoms with Gasteiger partial charge in [-0.05, 0) is 69.6 Å². The second-order valence-electron chi connectivity index (χ2n) is 11.7. The van der Waals surface area contributed by atoms with Crippen LogP contribution >= 0.6 is 11.8 Å². The van der Waals surface area contributed by atoms with Crippen LogP contribution in [0.4, 0.5) is 4.79 Å². The van der Waals surface area contributed by atoms with Crippen molar-refractivity contribution in [2.75, 3.05) is 13.0 Å². The van der Waals surface area contributed by atoms with E-state index in [1.807, 2.05) is 75.4 Å². The lowest BCUT2D eigenvalue weighted by molar-refractivity contribution is -0.147. The minimum absolute atomic E-state index is 0.169. The summed E-state index contributed by atoms with van der Waals surface area (Å²) >= 11 is 1.48. The number of alkyl carbamates (subject to hydrolysis) is 1. The predicted octanol–water partition coefficient (Wildman–Crippen LogP) is 3.95. The highest BCUT2D eigenvalue weighted by Crippen LogP contribution is 2.40. The molecule has 228 valence electrons. The lowest BCUT2D eigenvalue weighted by atomic mass is 9.95. The fourth-order valence-corrected chi connectivity index (χ4v) is 6.81. The van der Waals surface area contributed by atoms with Gasteiger partial charge in [-0.1, -0.05) is 54.6 Å². The Hall–Kier alpha value is -3.08. The molecule has 9 nitrogen and oxygen atoms in total. The maximum Gasteiger partial charge on any atom is 0.407 e. The highest BCUT2D eigenvalue weighted by atomic mass is 32.2. The van der Waals surface area contributed by atoms with Gasteiger partial charge in [0, 0.05) is 18.4 Å². The second kappa shape index (κ2) is 14.4. The molecule has 2 aromatic rings. The lowest BCUT2D eigenvalue weighted by Crippen LogP contribution is -2.58. The number of benzene rings is 2. The summed E-state index contributed by atoms with van der Waals surface area (Å²) in [5.74, 6) is -0.644. The van der Waals surface area contributed by atoms with E-state index in [0.29, 0.717) is 19.4 Å². The Morgan fingerprint density at radius 2 is 1.67 bits per heavy atom. The molecule has 3 N–H and O–H groups in total. The highest BCUT2D eigenvalue weighted by Gasteiger charge is 2.49. The van der Waals surface area contributed by atoms with Gasteiger partial charge in [0.05, 0.1) is 18.0 Å². The summed E-state index contributed by atoms with van der Waals surface area (Å²) in [5.41, 5.74) is 2.90. The zero-order chi connectivity index (χ0) is 30.3. The van der Waals surface area contributed by atoms with Crippen molar-refractivity contribution in [3.05, 3.63) is 71.3 Å². The Labute approximate surface area is 252 Å². The topological polar surface area (TPSA) is 117 Å². The number of nitrogens with zero attached hydrogens (tertiary/aromatic N) is 1. The molecule has 2 fully saturated rings. The number of hydrogen-bond donors (Lipinski definition) is 3. The largest absolute Gasteiger partial charge is 0.446 e. The molecule has 10 heteroatoms. The summed E-state index contributed by atoms with van der Waals surface area (Å²) in [4.78, 5) is 41.7. The quantitative estimate of drug-likeness (QED) is 0.380. The molecule has 1 saturated heterocycles. The highest BCUT2D eigenvalue weighted by molar-refractivity contribution is 8.00. The molecule has 0 spiro atoms. The van der Waals surface area contributed by atoms with Crippen molar-refractivity contribution in [2.24, 2.45) is 0 Å². The summed E-state index contributed by atoms with van der Waals surface area (Å²) in [6.07, 6.45) is 0.870. The van der Waals surface area contributed by atoms with Gasteiger partial charge in [0.15, 0.2) is 6.10 Å². The van der Waals surface area contributed by atoms with Crippen LogP contribution in [-0.4, -0.2) is 76.0 Å². The third kappa shape index (κ3) is 8.05. The Kier molecular flexibility index (Phi) is 10.9. The summed E-state index contributed by atoms with van der Waals surface area (Å²) in [5, 5.41) is 17.2. The number of carbonyl (C=O) groups is 3. The van der Waals surface area contributed by atoms with Crippen molar-refractivity contribution in [1.29, 1.82) is 0 Å². The molecule has 1 aliphatic heterocycles. The summed E-state index contributed by atoms with van der Waals surface area (Å²) in [6, 6.07) is 15.4. The van der Waals surface area contributed by atoms with Crippen LogP contribution in [0, 0.1) is 6.92 Å². The van der Waals surface area contributed by atoms with Crippen molar-refractivity contribution in [3.63, 3.8) is 0 Å². The normalized spacial score (nSPS) is 23.1. The SMILES string of the molecule is COC1CCC(OC(=O)NC(Cc2ccccc2)C(O)C(=O)N2CSC(C)(C)C2C(=O)NCc2ccccc2C)CC1. The molecule has 3 unspecified atom stereocenters. The van der Waals surface area contributed by atoms with Crippen molar-refractivity contribution < 1.29 is 29.0 Å². The van der Waals surface area contributed by atoms with Gasteiger partial charge < -0.3 is 30.1 Å². The van der Waals surface area contributed by atoms with Gasteiger partial charge in [0.25, 0.3) is 5.91 Å². The van der Waals surface area contributed by atoms with Crippen LogP contribution in [0.25, 0.3) is 0 Å². The molecule has 0 aromatic heterocycles. The number of thioether (sulfide) groups is 1. The van der Waals surface area contributed by atoms with Gasteiger partial charge in [-0.2, -0.15) is 0 Å². The van der Waals surface area contributed by atoms with E-state index in [1.54, 1.807) is 7.11 Å². The average Bonchev–Trinajstić information content (AvgIpc) is 3.31. The van der Waals surface area contributed by atoms with Gasteiger partial charge in [0.1, 0.15) is 12.1 Å². The number of ether oxygens (including phenoxy) is 2. The summed E-state index contributed by atoms with van der Waals surface area (Å²) in [7, 11) is 1.68. The van der Waals surface area contributed by atoms with Crippen molar-refractivity contribution in [3.8, 4) is 0 Å². The van der Waals surface area contributed by atoms with Crippen LogP contribution in [0.15, 0.2) is 54.6 Å². The minimum atomic E-state index is -1.58. The van der Waals surface area contributed by atoms with Gasteiger partial charge >= 0.3 is 6.09 Å². The first kappa shape index (κ1) is 31.8. The van der Waals surface area contributed by atoms with Crippen molar-refractivity contribution >= 4 is 29.7 Å². The first-order valence-corrected chi connectivity index (χ1v) is 15.6. The average molecular weight is 598 g/mol. The molecule has 1 saturated carbocycles. The van der Waals surface area contributed by atoms with E-state index < -0.39 is 34.9 Å². The number of aryl methyl sites for hydroxylation is 1. The van der Waals surface area contributed by atoms with E-state index in [4.69, 9.17) is 9.47 Å². The van der Waals surface area contributed by atoms with Crippen LogP contribution < -0.4 is 10.6 Å².